The average molecular weight is 226 g/mol. The molecule has 0 aliphatic heterocycles. The van der Waals surface area contributed by atoms with Crippen LogP contribution in [0.25, 0.3) is 0 Å². The van der Waals surface area contributed by atoms with Crippen molar-refractivity contribution in [3.8, 4) is 0 Å². The average Bonchev–Trinajstić information content (AvgIpc) is 2.41. The first kappa shape index (κ1) is 10.9. The Morgan fingerprint density at radius 3 is 2.29 bits per heavy atom. The molecule has 5 heteroatoms. The van der Waals surface area contributed by atoms with Gasteiger partial charge in [0.15, 0.2) is 0 Å². The van der Waals surface area contributed by atoms with E-state index in [2.05, 4.69) is 20.5 Å². The largest absolute Gasteiger partial charge is 0.271 e. The standard InChI is InChI=1S/C12H10N4O/c17-12(11-3-7-14-8-4-11)16-15-9-10-1-5-13-6-2-10/h1-9H,(H,16,17)/b15-9-. The fraction of sp³-hybridized carbons (Fsp3) is 0. The first-order valence-electron chi connectivity index (χ1n) is 5.00. The normalized spacial score (nSPS) is 10.4. The van der Waals surface area contributed by atoms with Gasteiger partial charge < -0.3 is 0 Å². The van der Waals surface area contributed by atoms with Crippen LogP contribution in [0.4, 0.5) is 0 Å². The zero-order valence-electron chi connectivity index (χ0n) is 8.95. The highest BCUT2D eigenvalue weighted by atomic mass is 16.2. The van der Waals surface area contributed by atoms with Gasteiger partial charge in [0.25, 0.3) is 5.91 Å². The van der Waals surface area contributed by atoms with Crippen LogP contribution in [0.1, 0.15) is 15.9 Å². The molecule has 0 spiro atoms. The van der Waals surface area contributed by atoms with E-state index in [1.54, 1.807) is 55.3 Å². The summed E-state index contributed by atoms with van der Waals surface area (Å²) in [7, 11) is 0. The molecule has 0 fully saturated rings. The number of carbonyl (C=O) groups excluding carboxylic acids is 1. The van der Waals surface area contributed by atoms with Crippen LogP contribution < -0.4 is 5.43 Å². The monoisotopic (exact) mass is 226 g/mol. The van der Waals surface area contributed by atoms with E-state index in [0.29, 0.717) is 5.56 Å². The minimum absolute atomic E-state index is 0.266. The molecule has 0 atom stereocenters. The van der Waals surface area contributed by atoms with Crippen molar-refractivity contribution in [3.05, 3.63) is 60.2 Å². The van der Waals surface area contributed by atoms with Crippen LogP contribution in [0.3, 0.4) is 0 Å². The first-order valence-corrected chi connectivity index (χ1v) is 5.00. The molecule has 5 nitrogen and oxygen atoms in total. The van der Waals surface area contributed by atoms with Crippen LogP contribution in [-0.2, 0) is 0 Å². The van der Waals surface area contributed by atoms with E-state index in [1.165, 1.54) is 0 Å². The lowest BCUT2D eigenvalue weighted by molar-refractivity contribution is 0.0955. The number of amides is 1. The molecule has 2 aromatic heterocycles. The SMILES string of the molecule is O=C(N/N=C\c1ccncc1)c1ccncc1. The number of nitrogens with zero attached hydrogens (tertiary/aromatic N) is 3. The molecule has 2 rings (SSSR count). The summed E-state index contributed by atoms with van der Waals surface area (Å²) in [4.78, 5) is 19.3. The van der Waals surface area contributed by atoms with Gasteiger partial charge in [-0.3, -0.25) is 14.8 Å². The maximum absolute atomic E-state index is 11.6. The Morgan fingerprint density at radius 1 is 1.06 bits per heavy atom. The smallest absolute Gasteiger partial charge is 0.267 e. The summed E-state index contributed by atoms with van der Waals surface area (Å²) in [6.45, 7) is 0. The van der Waals surface area contributed by atoms with Gasteiger partial charge in [0.2, 0.25) is 0 Å². The quantitative estimate of drug-likeness (QED) is 0.632. The van der Waals surface area contributed by atoms with Crippen LogP contribution in [-0.4, -0.2) is 22.1 Å². The van der Waals surface area contributed by atoms with Gasteiger partial charge in [-0.15, -0.1) is 0 Å². The minimum Gasteiger partial charge on any atom is -0.267 e. The van der Waals surface area contributed by atoms with Crippen molar-refractivity contribution in [2.24, 2.45) is 5.10 Å². The highest BCUT2D eigenvalue weighted by molar-refractivity contribution is 5.94. The van der Waals surface area contributed by atoms with E-state index in [0.717, 1.165) is 5.56 Å². The summed E-state index contributed by atoms with van der Waals surface area (Å²) in [5.74, 6) is -0.266. The predicted octanol–water partition coefficient (Wildman–Crippen LogP) is 1.24. The van der Waals surface area contributed by atoms with Gasteiger partial charge in [-0.25, -0.2) is 5.43 Å². The zero-order chi connectivity index (χ0) is 11.9. The van der Waals surface area contributed by atoms with Gasteiger partial charge in [0.05, 0.1) is 6.21 Å². The van der Waals surface area contributed by atoms with E-state index in [1.807, 2.05) is 0 Å². The molecule has 2 heterocycles. The second-order valence-corrected chi connectivity index (χ2v) is 3.22. The van der Waals surface area contributed by atoms with E-state index >= 15 is 0 Å². The van der Waals surface area contributed by atoms with Gasteiger partial charge in [0.1, 0.15) is 0 Å². The van der Waals surface area contributed by atoms with Crippen molar-refractivity contribution in [1.29, 1.82) is 0 Å². The van der Waals surface area contributed by atoms with Crippen LogP contribution in [0.2, 0.25) is 0 Å². The molecular weight excluding hydrogens is 216 g/mol. The Bertz CT molecular complexity index is 511. The summed E-state index contributed by atoms with van der Waals surface area (Å²) in [5, 5.41) is 3.85. The molecule has 0 unspecified atom stereocenters. The van der Waals surface area contributed by atoms with E-state index in [9.17, 15) is 4.79 Å². The number of nitrogens with one attached hydrogen (secondary N) is 1. The summed E-state index contributed by atoms with van der Waals surface area (Å²) >= 11 is 0. The Kier molecular flexibility index (Phi) is 3.54. The third kappa shape index (κ3) is 3.20. The summed E-state index contributed by atoms with van der Waals surface area (Å²) < 4.78 is 0. The number of hydrazone groups is 1. The highest BCUT2D eigenvalue weighted by Crippen LogP contribution is 1.95. The maximum Gasteiger partial charge on any atom is 0.271 e. The Morgan fingerprint density at radius 2 is 1.65 bits per heavy atom. The summed E-state index contributed by atoms with van der Waals surface area (Å²) in [5.41, 5.74) is 3.82. The summed E-state index contributed by atoms with van der Waals surface area (Å²) in [6.07, 6.45) is 7.99. The topological polar surface area (TPSA) is 67.2 Å². The fourth-order valence-electron chi connectivity index (χ4n) is 1.18. The lowest BCUT2D eigenvalue weighted by Crippen LogP contribution is -2.17. The Labute approximate surface area is 98.2 Å². The molecule has 1 N–H and O–H groups in total. The van der Waals surface area contributed by atoms with E-state index in [-0.39, 0.29) is 5.91 Å². The molecule has 2 aromatic rings. The summed E-state index contributed by atoms with van der Waals surface area (Å²) in [6, 6.07) is 6.83. The molecule has 0 saturated heterocycles. The molecule has 1 amide bonds. The van der Waals surface area contributed by atoms with Crippen LogP contribution >= 0.6 is 0 Å². The third-order valence-corrected chi connectivity index (χ3v) is 2.03. The molecular formula is C12H10N4O. The molecule has 0 aromatic carbocycles. The molecule has 17 heavy (non-hydrogen) atoms. The fourth-order valence-corrected chi connectivity index (χ4v) is 1.18. The molecule has 0 saturated carbocycles. The number of aromatic nitrogens is 2. The lowest BCUT2D eigenvalue weighted by atomic mass is 10.3. The maximum atomic E-state index is 11.6. The highest BCUT2D eigenvalue weighted by Gasteiger charge is 2.01. The second kappa shape index (κ2) is 5.50. The number of pyridine rings is 2. The van der Waals surface area contributed by atoms with Gasteiger partial charge in [-0.1, -0.05) is 0 Å². The van der Waals surface area contributed by atoms with E-state index in [4.69, 9.17) is 0 Å². The second-order valence-electron chi connectivity index (χ2n) is 3.22. The number of hydrogen-bond acceptors (Lipinski definition) is 4. The number of rotatable bonds is 3. The van der Waals surface area contributed by atoms with Crippen molar-refractivity contribution < 1.29 is 4.79 Å². The Balaban J connectivity index is 1.95. The predicted molar refractivity (Wildman–Crippen MR) is 63.5 cm³/mol. The molecule has 0 aliphatic rings. The van der Waals surface area contributed by atoms with Crippen LogP contribution in [0.5, 0.6) is 0 Å². The Hall–Kier alpha value is -2.56. The van der Waals surface area contributed by atoms with Gasteiger partial charge >= 0.3 is 0 Å². The molecule has 84 valence electrons. The van der Waals surface area contributed by atoms with Crippen molar-refractivity contribution in [1.82, 2.24) is 15.4 Å². The molecule has 0 radical (unpaired) electrons. The van der Waals surface area contributed by atoms with E-state index < -0.39 is 0 Å². The van der Waals surface area contributed by atoms with Crippen molar-refractivity contribution in [2.45, 2.75) is 0 Å². The van der Waals surface area contributed by atoms with Gasteiger partial charge in [0, 0.05) is 30.4 Å². The van der Waals surface area contributed by atoms with Crippen LogP contribution in [0, 0.1) is 0 Å². The zero-order valence-corrected chi connectivity index (χ0v) is 8.95. The van der Waals surface area contributed by atoms with Gasteiger partial charge in [-0.05, 0) is 29.8 Å². The lowest BCUT2D eigenvalue weighted by Gasteiger charge is -1.98. The van der Waals surface area contributed by atoms with Crippen molar-refractivity contribution in [2.75, 3.05) is 0 Å². The third-order valence-electron chi connectivity index (χ3n) is 2.03. The first-order chi connectivity index (χ1) is 8.36. The van der Waals surface area contributed by atoms with Crippen LogP contribution in [0.15, 0.2) is 54.2 Å². The molecule has 0 bridgehead atoms. The number of hydrogen-bond donors (Lipinski definition) is 1. The van der Waals surface area contributed by atoms with Gasteiger partial charge in [-0.2, -0.15) is 5.10 Å². The van der Waals surface area contributed by atoms with Crippen molar-refractivity contribution >= 4 is 12.1 Å². The van der Waals surface area contributed by atoms with Crippen molar-refractivity contribution in [3.63, 3.8) is 0 Å². The number of carbonyl (C=O) groups is 1. The minimum atomic E-state index is -0.266. The molecule has 0 aliphatic carbocycles.